The maximum Gasteiger partial charge on any atom is 0.329 e. The minimum absolute atomic E-state index is 0.270. The lowest BCUT2D eigenvalue weighted by atomic mass is 10.2. The van der Waals surface area contributed by atoms with Crippen LogP contribution in [0.5, 0.6) is 0 Å². The zero-order valence-corrected chi connectivity index (χ0v) is 12.6. The summed E-state index contributed by atoms with van der Waals surface area (Å²) < 4.78 is 0. The van der Waals surface area contributed by atoms with E-state index >= 15 is 0 Å². The van der Waals surface area contributed by atoms with Crippen LogP contribution in [0.1, 0.15) is 19.4 Å². The van der Waals surface area contributed by atoms with E-state index in [-0.39, 0.29) is 5.92 Å². The maximum absolute atomic E-state index is 11.4. The van der Waals surface area contributed by atoms with Gasteiger partial charge in [0.25, 0.3) is 0 Å². The number of benzene rings is 1. The average Bonchev–Trinajstić information content (AvgIpc) is 2.39. The second-order valence-corrected chi connectivity index (χ2v) is 5.29. The Morgan fingerprint density at radius 3 is 2.55 bits per heavy atom. The van der Waals surface area contributed by atoms with Crippen molar-refractivity contribution < 1.29 is 9.59 Å². The molecule has 0 radical (unpaired) electrons. The Kier molecular flexibility index (Phi) is 6.48. The minimum atomic E-state index is -0.818. The topological polar surface area (TPSA) is 70.6 Å². The molecule has 0 aromatic heterocycles. The lowest BCUT2D eigenvalue weighted by Crippen LogP contribution is -2.39. The van der Waals surface area contributed by atoms with Crippen molar-refractivity contribution in [1.29, 1.82) is 0 Å². The predicted octanol–water partition coefficient (Wildman–Crippen LogP) is 2.22. The Labute approximate surface area is 127 Å². The first-order valence-corrected chi connectivity index (χ1v) is 6.72. The van der Waals surface area contributed by atoms with Gasteiger partial charge in [0.15, 0.2) is 0 Å². The van der Waals surface area contributed by atoms with E-state index in [2.05, 4.69) is 15.8 Å². The minimum Gasteiger partial charge on any atom is -0.348 e. The van der Waals surface area contributed by atoms with E-state index in [9.17, 15) is 9.59 Å². The maximum atomic E-state index is 11.4. The summed E-state index contributed by atoms with van der Waals surface area (Å²) in [6.45, 7) is 4.30. The fraction of sp³-hybridized carbons (Fsp3) is 0.308. The van der Waals surface area contributed by atoms with Gasteiger partial charge in [-0.15, -0.1) is 0 Å². The number of halogens is 2. The Bertz CT molecular complexity index is 530. The molecule has 0 bridgehead atoms. The Morgan fingerprint density at radius 1 is 1.25 bits per heavy atom. The van der Waals surface area contributed by atoms with Crippen molar-refractivity contribution in [1.82, 2.24) is 10.7 Å². The molecule has 0 aliphatic heterocycles. The summed E-state index contributed by atoms with van der Waals surface area (Å²) >= 11 is 11.6. The monoisotopic (exact) mass is 315 g/mol. The van der Waals surface area contributed by atoms with E-state index in [0.29, 0.717) is 22.2 Å². The van der Waals surface area contributed by atoms with Crippen LogP contribution in [0.25, 0.3) is 0 Å². The molecule has 2 N–H and O–H groups in total. The first-order chi connectivity index (χ1) is 9.40. The largest absolute Gasteiger partial charge is 0.348 e. The van der Waals surface area contributed by atoms with E-state index < -0.39 is 11.8 Å². The first-order valence-electron chi connectivity index (χ1n) is 5.96. The molecule has 0 aliphatic rings. The van der Waals surface area contributed by atoms with Crippen LogP contribution >= 0.6 is 23.2 Å². The molecule has 0 fully saturated rings. The molecular formula is C13H15Cl2N3O2. The molecule has 1 rings (SSSR count). The molecule has 1 aromatic rings. The van der Waals surface area contributed by atoms with Gasteiger partial charge >= 0.3 is 11.8 Å². The standard InChI is InChI=1S/C13H15Cl2N3O2/c1-8(2)6-16-12(19)13(20)18-17-7-9-3-4-10(14)11(15)5-9/h3-5,7-8H,6H2,1-2H3,(H,16,19)(H,18,20)/b17-7+. The molecule has 1 aromatic carbocycles. The van der Waals surface area contributed by atoms with Gasteiger partial charge in [0.1, 0.15) is 0 Å². The van der Waals surface area contributed by atoms with Crippen LogP contribution in [0.4, 0.5) is 0 Å². The fourth-order valence-corrected chi connectivity index (χ4v) is 1.49. The number of hydrogen-bond acceptors (Lipinski definition) is 3. The van der Waals surface area contributed by atoms with Gasteiger partial charge in [0, 0.05) is 6.54 Å². The lowest BCUT2D eigenvalue weighted by molar-refractivity contribution is -0.139. The van der Waals surface area contributed by atoms with Crippen molar-refractivity contribution in [3.05, 3.63) is 33.8 Å². The molecule has 2 amide bonds. The summed E-state index contributed by atoms with van der Waals surface area (Å²) in [4.78, 5) is 22.7. The highest BCUT2D eigenvalue weighted by atomic mass is 35.5. The molecule has 0 aliphatic carbocycles. The lowest BCUT2D eigenvalue weighted by Gasteiger charge is -2.05. The van der Waals surface area contributed by atoms with Crippen LogP contribution in [0.2, 0.25) is 10.0 Å². The van der Waals surface area contributed by atoms with Crippen molar-refractivity contribution in [3.63, 3.8) is 0 Å². The molecule has 5 nitrogen and oxygen atoms in total. The highest BCUT2D eigenvalue weighted by molar-refractivity contribution is 6.42. The van der Waals surface area contributed by atoms with Gasteiger partial charge in [-0.3, -0.25) is 9.59 Å². The zero-order valence-electron chi connectivity index (χ0n) is 11.1. The molecule has 0 heterocycles. The quantitative estimate of drug-likeness (QED) is 0.508. The second kappa shape index (κ2) is 7.87. The Balaban J connectivity index is 2.49. The average molecular weight is 316 g/mol. The number of nitrogens with one attached hydrogen (secondary N) is 2. The van der Waals surface area contributed by atoms with Crippen LogP contribution in [-0.4, -0.2) is 24.6 Å². The van der Waals surface area contributed by atoms with Gasteiger partial charge < -0.3 is 5.32 Å². The number of carbonyl (C=O) groups is 2. The van der Waals surface area contributed by atoms with Crippen molar-refractivity contribution in [2.75, 3.05) is 6.54 Å². The van der Waals surface area contributed by atoms with Crippen molar-refractivity contribution in [2.24, 2.45) is 11.0 Å². The molecule has 7 heteroatoms. The van der Waals surface area contributed by atoms with Gasteiger partial charge in [-0.25, -0.2) is 5.43 Å². The fourth-order valence-electron chi connectivity index (χ4n) is 1.19. The van der Waals surface area contributed by atoms with Gasteiger partial charge in [-0.2, -0.15) is 5.10 Å². The van der Waals surface area contributed by atoms with Crippen LogP contribution in [0.15, 0.2) is 23.3 Å². The third kappa shape index (κ3) is 5.59. The van der Waals surface area contributed by atoms with Crippen molar-refractivity contribution >= 4 is 41.2 Å². The molecule has 0 spiro atoms. The number of carbonyl (C=O) groups excluding carboxylic acids is 2. The van der Waals surface area contributed by atoms with Gasteiger partial charge in [0.2, 0.25) is 0 Å². The number of amides is 2. The SMILES string of the molecule is CC(C)CNC(=O)C(=O)N/N=C/c1ccc(Cl)c(Cl)c1. The number of hydrogen-bond donors (Lipinski definition) is 2. The highest BCUT2D eigenvalue weighted by Gasteiger charge is 2.11. The summed E-state index contributed by atoms with van der Waals surface area (Å²) in [6.07, 6.45) is 1.37. The van der Waals surface area contributed by atoms with E-state index in [1.807, 2.05) is 13.8 Å². The summed E-state index contributed by atoms with van der Waals surface area (Å²) in [5.74, 6) is -1.27. The van der Waals surface area contributed by atoms with Crippen molar-refractivity contribution in [3.8, 4) is 0 Å². The van der Waals surface area contributed by atoms with Gasteiger partial charge in [-0.05, 0) is 23.6 Å². The Morgan fingerprint density at radius 2 is 1.95 bits per heavy atom. The summed E-state index contributed by atoms with van der Waals surface area (Å²) in [7, 11) is 0. The molecule has 0 saturated heterocycles. The van der Waals surface area contributed by atoms with Crippen molar-refractivity contribution in [2.45, 2.75) is 13.8 Å². The first kappa shape index (κ1) is 16.5. The summed E-state index contributed by atoms with van der Waals surface area (Å²) in [5.41, 5.74) is 2.79. The van der Waals surface area contributed by atoms with Crippen LogP contribution < -0.4 is 10.7 Å². The third-order valence-corrected chi connectivity index (χ3v) is 2.94. The molecule has 0 saturated carbocycles. The second-order valence-electron chi connectivity index (χ2n) is 4.48. The normalized spacial score (nSPS) is 10.8. The molecule has 108 valence electrons. The number of nitrogens with zero attached hydrogens (tertiary/aromatic N) is 1. The zero-order chi connectivity index (χ0) is 15.1. The van der Waals surface area contributed by atoms with Gasteiger partial charge in [-0.1, -0.05) is 43.1 Å². The van der Waals surface area contributed by atoms with Crippen LogP contribution in [0.3, 0.4) is 0 Å². The molecule has 0 unspecified atom stereocenters. The third-order valence-electron chi connectivity index (χ3n) is 2.20. The smallest absolute Gasteiger partial charge is 0.329 e. The number of hydrazone groups is 1. The van der Waals surface area contributed by atoms with E-state index in [4.69, 9.17) is 23.2 Å². The molecule has 0 atom stereocenters. The highest BCUT2D eigenvalue weighted by Crippen LogP contribution is 2.21. The summed E-state index contributed by atoms with van der Waals surface area (Å²) in [5, 5.41) is 6.97. The van der Waals surface area contributed by atoms with Gasteiger partial charge in [0.05, 0.1) is 16.3 Å². The van der Waals surface area contributed by atoms with Crippen LogP contribution in [0, 0.1) is 5.92 Å². The molecular weight excluding hydrogens is 301 g/mol. The van der Waals surface area contributed by atoms with E-state index in [1.165, 1.54) is 6.21 Å². The molecule has 20 heavy (non-hydrogen) atoms. The number of rotatable bonds is 4. The summed E-state index contributed by atoms with van der Waals surface area (Å²) in [6, 6.07) is 4.89. The predicted molar refractivity (Wildman–Crippen MR) is 80.0 cm³/mol. The Hall–Kier alpha value is -1.59. The van der Waals surface area contributed by atoms with E-state index in [1.54, 1.807) is 18.2 Å². The van der Waals surface area contributed by atoms with Crippen LogP contribution in [-0.2, 0) is 9.59 Å². The van der Waals surface area contributed by atoms with E-state index in [0.717, 1.165) is 0 Å².